The predicted molar refractivity (Wildman–Crippen MR) is 111 cm³/mol. The Kier molecular flexibility index (Phi) is 8.10. The number of anilines is 1. The number of alkyl halides is 3. The van der Waals surface area contributed by atoms with Gasteiger partial charge in [-0.15, -0.1) is 0 Å². The van der Waals surface area contributed by atoms with Crippen LogP contribution in [-0.4, -0.2) is 18.2 Å². The first-order valence-electron chi connectivity index (χ1n) is 10.2. The Morgan fingerprint density at radius 3 is 2.07 bits per heavy atom. The van der Waals surface area contributed by atoms with Gasteiger partial charge in [0.05, 0.1) is 11.6 Å². The molecule has 1 saturated carbocycles. The fourth-order valence-electron chi connectivity index (χ4n) is 3.98. The summed E-state index contributed by atoms with van der Waals surface area (Å²) in [6, 6.07) is 3.65. The molecule has 0 spiro atoms. The van der Waals surface area contributed by atoms with Crippen molar-refractivity contribution in [3.63, 3.8) is 0 Å². The highest BCUT2D eigenvalue weighted by molar-refractivity contribution is 7.82. The molecule has 1 aromatic rings. The van der Waals surface area contributed by atoms with Gasteiger partial charge in [0.2, 0.25) is 0 Å². The van der Waals surface area contributed by atoms with E-state index in [1.807, 2.05) is 13.8 Å². The molecule has 0 atom stereocenters. The number of amides is 2. The number of rotatable bonds is 6. The number of hydrogen-bond acceptors (Lipinski definition) is 2. The van der Waals surface area contributed by atoms with Crippen LogP contribution in [0.1, 0.15) is 69.6 Å². The van der Waals surface area contributed by atoms with E-state index in [9.17, 15) is 18.0 Å². The minimum Gasteiger partial charge on any atom is -0.334 e. The molecule has 0 unspecified atom stereocenters. The van der Waals surface area contributed by atoms with Crippen molar-refractivity contribution in [2.45, 2.75) is 84.4 Å². The molecule has 7 heteroatoms. The maximum atomic E-state index is 12.8. The molecule has 2 amide bonds. The van der Waals surface area contributed by atoms with E-state index in [1.165, 1.54) is 9.87 Å². The van der Waals surface area contributed by atoms with Gasteiger partial charge in [0, 0.05) is 6.04 Å². The molecule has 1 fully saturated rings. The molecular formula is C21H31F3N2OS. The SMILES string of the molecule is CCCc1cc(CC)c(N(S)C(=O)NC2CCC(C(F)(F)F)CC2)c(CC)c1. The van der Waals surface area contributed by atoms with Crippen LogP contribution in [0.3, 0.4) is 0 Å². The molecule has 0 aliphatic heterocycles. The third-order valence-corrected chi connectivity index (χ3v) is 5.93. The number of thiol groups is 1. The van der Waals surface area contributed by atoms with Gasteiger partial charge in [0.25, 0.3) is 0 Å². The molecule has 0 saturated heterocycles. The van der Waals surface area contributed by atoms with Crippen molar-refractivity contribution in [2.24, 2.45) is 5.92 Å². The van der Waals surface area contributed by atoms with Gasteiger partial charge in [-0.05, 0) is 61.6 Å². The van der Waals surface area contributed by atoms with Gasteiger partial charge >= 0.3 is 12.2 Å². The minimum absolute atomic E-state index is 0.0627. The number of carbonyl (C=O) groups excluding carboxylic acids is 1. The van der Waals surface area contributed by atoms with Crippen molar-refractivity contribution in [1.82, 2.24) is 5.32 Å². The van der Waals surface area contributed by atoms with Crippen LogP contribution < -0.4 is 9.62 Å². The van der Waals surface area contributed by atoms with Crippen molar-refractivity contribution < 1.29 is 18.0 Å². The van der Waals surface area contributed by atoms with E-state index in [-0.39, 0.29) is 24.9 Å². The number of nitrogens with zero attached hydrogens (tertiary/aromatic N) is 1. The van der Waals surface area contributed by atoms with Crippen LogP contribution in [0.2, 0.25) is 0 Å². The molecular weight excluding hydrogens is 385 g/mol. The highest BCUT2D eigenvalue weighted by atomic mass is 32.1. The van der Waals surface area contributed by atoms with Crippen molar-refractivity contribution in [1.29, 1.82) is 0 Å². The molecule has 1 aromatic carbocycles. The molecule has 3 nitrogen and oxygen atoms in total. The smallest absolute Gasteiger partial charge is 0.334 e. The Morgan fingerprint density at radius 1 is 1.11 bits per heavy atom. The van der Waals surface area contributed by atoms with Gasteiger partial charge in [0.1, 0.15) is 0 Å². The van der Waals surface area contributed by atoms with E-state index in [4.69, 9.17) is 0 Å². The van der Waals surface area contributed by atoms with E-state index in [2.05, 4.69) is 37.2 Å². The lowest BCUT2D eigenvalue weighted by Gasteiger charge is -2.32. The van der Waals surface area contributed by atoms with E-state index >= 15 is 0 Å². The Labute approximate surface area is 171 Å². The molecule has 1 aliphatic carbocycles. The summed E-state index contributed by atoms with van der Waals surface area (Å²) in [5.41, 5.74) is 4.18. The second-order valence-corrected chi connectivity index (χ2v) is 7.97. The van der Waals surface area contributed by atoms with Crippen LogP contribution >= 0.6 is 12.8 Å². The van der Waals surface area contributed by atoms with Crippen LogP contribution in [0.15, 0.2) is 12.1 Å². The summed E-state index contributed by atoms with van der Waals surface area (Å²) >= 11 is 4.45. The molecule has 0 bridgehead atoms. The molecule has 0 radical (unpaired) electrons. The first-order chi connectivity index (χ1) is 13.2. The van der Waals surface area contributed by atoms with Crippen LogP contribution in [0.25, 0.3) is 0 Å². The quantitative estimate of drug-likeness (QED) is 0.528. The monoisotopic (exact) mass is 416 g/mol. The fourth-order valence-corrected chi connectivity index (χ4v) is 4.29. The number of urea groups is 1. The van der Waals surface area contributed by atoms with Gasteiger partial charge in [0.15, 0.2) is 0 Å². The van der Waals surface area contributed by atoms with E-state index in [1.54, 1.807) is 0 Å². The number of hydrogen-bond donors (Lipinski definition) is 2. The minimum atomic E-state index is -4.14. The predicted octanol–water partition coefficient (Wildman–Crippen LogP) is 6.25. The lowest BCUT2D eigenvalue weighted by Crippen LogP contribution is -2.44. The standard InChI is InChI=1S/C21H31F3N2OS/c1-4-7-14-12-15(5-2)19(16(6-3)13-14)26(28)20(27)25-18-10-8-17(9-11-18)21(22,23)24/h12-13,17-18,28H,4-11H2,1-3H3,(H,25,27). The van der Waals surface area contributed by atoms with Gasteiger partial charge in [-0.2, -0.15) is 13.2 Å². The van der Waals surface area contributed by atoms with Crippen molar-refractivity contribution >= 4 is 24.5 Å². The summed E-state index contributed by atoms with van der Waals surface area (Å²) in [4.78, 5) is 12.8. The second-order valence-electron chi connectivity index (χ2n) is 7.57. The number of carbonyl (C=O) groups is 1. The van der Waals surface area contributed by atoms with Gasteiger partial charge in [-0.3, -0.25) is 0 Å². The highest BCUT2D eigenvalue weighted by Crippen LogP contribution is 2.38. The zero-order chi connectivity index (χ0) is 20.9. The third kappa shape index (κ3) is 5.58. The molecule has 2 rings (SSSR count). The number of aryl methyl sites for hydroxylation is 3. The average Bonchev–Trinajstić information content (AvgIpc) is 2.66. The van der Waals surface area contributed by atoms with Crippen molar-refractivity contribution in [3.8, 4) is 0 Å². The zero-order valence-electron chi connectivity index (χ0n) is 16.9. The lowest BCUT2D eigenvalue weighted by atomic mass is 9.85. The second kappa shape index (κ2) is 9.90. The Balaban J connectivity index is 2.11. The number of nitrogens with one attached hydrogen (secondary N) is 1. The van der Waals surface area contributed by atoms with Crippen molar-refractivity contribution in [3.05, 3.63) is 28.8 Å². The zero-order valence-corrected chi connectivity index (χ0v) is 17.8. The van der Waals surface area contributed by atoms with E-state index in [0.29, 0.717) is 12.8 Å². The van der Waals surface area contributed by atoms with Gasteiger partial charge in [-0.1, -0.05) is 52.1 Å². The number of halogens is 3. The first kappa shape index (κ1) is 22.9. The van der Waals surface area contributed by atoms with Gasteiger partial charge < -0.3 is 5.32 Å². The molecule has 0 heterocycles. The molecule has 28 heavy (non-hydrogen) atoms. The average molecular weight is 417 g/mol. The molecule has 1 N–H and O–H groups in total. The lowest BCUT2D eigenvalue weighted by molar-refractivity contribution is -0.182. The van der Waals surface area contributed by atoms with Crippen LogP contribution in [-0.2, 0) is 19.3 Å². The largest absolute Gasteiger partial charge is 0.391 e. The molecule has 158 valence electrons. The Morgan fingerprint density at radius 2 is 1.64 bits per heavy atom. The summed E-state index contributed by atoms with van der Waals surface area (Å²) < 4.78 is 39.8. The fraction of sp³-hybridized carbons (Fsp3) is 0.667. The highest BCUT2D eigenvalue weighted by Gasteiger charge is 2.41. The summed E-state index contributed by atoms with van der Waals surface area (Å²) in [6.45, 7) is 6.23. The molecule has 0 aromatic heterocycles. The summed E-state index contributed by atoms with van der Waals surface area (Å²) in [5, 5.41) is 2.87. The topological polar surface area (TPSA) is 32.3 Å². The van der Waals surface area contributed by atoms with Crippen LogP contribution in [0.4, 0.5) is 23.7 Å². The van der Waals surface area contributed by atoms with Gasteiger partial charge in [-0.25, -0.2) is 9.10 Å². The van der Waals surface area contributed by atoms with Crippen LogP contribution in [0.5, 0.6) is 0 Å². The maximum Gasteiger partial charge on any atom is 0.391 e. The first-order valence-corrected chi connectivity index (χ1v) is 10.6. The summed E-state index contributed by atoms with van der Waals surface area (Å²) in [7, 11) is 0. The third-order valence-electron chi connectivity index (χ3n) is 5.55. The molecule has 1 aliphatic rings. The van der Waals surface area contributed by atoms with Crippen molar-refractivity contribution in [2.75, 3.05) is 4.31 Å². The Hall–Kier alpha value is -1.37. The van der Waals surface area contributed by atoms with E-state index in [0.717, 1.165) is 42.5 Å². The van der Waals surface area contributed by atoms with Crippen LogP contribution in [0, 0.1) is 5.92 Å². The summed E-state index contributed by atoms with van der Waals surface area (Å²) in [5.74, 6) is -1.25. The maximum absolute atomic E-state index is 12.8. The number of benzene rings is 1. The Bertz CT molecular complexity index is 645. The normalized spacial score (nSPS) is 20.1. The summed E-state index contributed by atoms with van der Waals surface area (Å²) in [6.07, 6.45) is 0.264. The van der Waals surface area contributed by atoms with E-state index < -0.39 is 12.1 Å².